The van der Waals surface area contributed by atoms with Crippen molar-refractivity contribution in [3.05, 3.63) is 23.9 Å². The highest BCUT2D eigenvalue weighted by atomic mass is 19.1. The van der Waals surface area contributed by atoms with E-state index in [2.05, 4.69) is 11.1 Å². The van der Waals surface area contributed by atoms with Gasteiger partial charge in [-0.15, -0.1) is 0 Å². The zero-order chi connectivity index (χ0) is 10.7. The van der Waals surface area contributed by atoms with E-state index in [1.54, 1.807) is 18.3 Å². The number of aromatic nitrogens is 1. The average Bonchev–Trinajstić information content (AvgIpc) is 2.29. The summed E-state index contributed by atoms with van der Waals surface area (Å²) in [5.74, 6) is 0.613. The topological polar surface area (TPSA) is 39.9 Å². The molecule has 15 heavy (non-hydrogen) atoms. The number of nitriles is 1. The first-order valence-electron chi connectivity index (χ1n) is 5.05. The standard InChI is InChI=1S/C11H12FN3/c12-10-4-2-6-15(8-10)11-9(7-13)3-1-5-14-11/h1,3,5,10H,2,4,6,8H2/t10-/m0/s1. The van der Waals surface area contributed by atoms with Gasteiger partial charge in [0.05, 0.1) is 12.1 Å². The maximum absolute atomic E-state index is 13.2. The van der Waals surface area contributed by atoms with E-state index in [9.17, 15) is 4.39 Å². The molecule has 1 aromatic heterocycles. The zero-order valence-corrected chi connectivity index (χ0v) is 8.36. The summed E-state index contributed by atoms with van der Waals surface area (Å²) in [6.45, 7) is 1.14. The van der Waals surface area contributed by atoms with Crippen molar-refractivity contribution in [2.24, 2.45) is 0 Å². The first-order valence-corrected chi connectivity index (χ1v) is 5.05. The Hall–Kier alpha value is -1.63. The molecule has 2 rings (SSSR count). The van der Waals surface area contributed by atoms with Crippen LogP contribution in [-0.2, 0) is 0 Å². The number of nitrogens with zero attached hydrogens (tertiary/aromatic N) is 3. The molecule has 0 amide bonds. The minimum atomic E-state index is -0.799. The van der Waals surface area contributed by atoms with Gasteiger partial charge >= 0.3 is 0 Å². The molecule has 1 fully saturated rings. The number of pyridine rings is 1. The number of halogens is 1. The first kappa shape index (κ1) is 9.91. The maximum Gasteiger partial charge on any atom is 0.146 e. The summed E-state index contributed by atoms with van der Waals surface area (Å²) in [5, 5.41) is 8.90. The molecule has 0 saturated carbocycles. The molecular formula is C11H12FN3. The monoisotopic (exact) mass is 205 g/mol. The van der Waals surface area contributed by atoms with E-state index < -0.39 is 6.17 Å². The van der Waals surface area contributed by atoms with Crippen molar-refractivity contribution >= 4 is 5.82 Å². The van der Waals surface area contributed by atoms with Gasteiger partial charge in [0, 0.05) is 12.7 Å². The summed E-state index contributed by atoms with van der Waals surface area (Å²) in [5.41, 5.74) is 0.520. The number of piperidine rings is 1. The smallest absolute Gasteiger partial charge is 0.146 e. The molecule has 1 aliphatic rings. The van der Waals surface area contributed by atoms with Crippen LogP contribution < -0.4 is 4.90 Å². The van der Waals surface area contributed by atoms with Gasteiger partial charge in [-0.3, -0.25) is 0 Å². The molecule has 1 aliphatic heterocycles. The van der Waals surface area contributed by atoms with E-state index in [-0.39, 0.29) is 0 Å². The highest BCUT2D eigenvalue weighted by molar-refractivity contribution is 5.53. The third-order valence-corrected chi connectivity index (χ3v) is 2.57. The van der Waals surface area contributed by atoms with Crippen LogP contribution in [0.3, 0.4) is 0 Å². The van der Waals surface area contributed by atoms with Crippen LogP contribution >= 0.6 is 0 Å². The summed E-state index contributed by atoms with van der Waals surface area (Å²) >= 11 is 0. The van der Waals surface area contributed by atoms with Crippen LogP contribution in [0.15, 0.2) is 18.3 Å². The van der Waals surface area contributed by atoms with Crippen LogP contribution in [0, 0.1) is 11.3 Å². The molecule has 0 bridgehead atoms. The number of rotatable bonds is 1. The summed E-state index contributed by atoms with van der Waals surface area (Å²) in [6.07, 6.45) is 2.28. The molecule has 1 aromatic rings. The fourth-order valence-corrected chi connectivity index (χ4v) is 1.85. The number of alkyl halides is 1. The Bertz CT molecular complexity index is 386. The first-order chi connectivity index (χ1) is 7.31. The van der Waals surface area contributed by atoms with Gasteiger partial charge in [0.15, 0.2) is 0 Å². The fraction of sp³-hybridized carbons (Fsp3) is 0.455. The predicted molar refractivity (Wildman–Crippen MR) is 55.3 cm³/mol. The van der Waals surface area contributed by atoms with E-state index in [0.29, 0.717) is 24.3 Å². The van der Waals surface area contributed by atoms with Crippen molar-refractivity contribution in [3.8, 4) is 6.07 Å². The molecule has 1 saturated heterocycles. The van der Waals surface area contributed by atoms with E-state index in [4.69, 9.17) is 5.26 Å². The lowest BCUT2D eigenvalue weighted by molar-refractivity contribution is 0.286. The van der Waals surface area contributed by atoms with Crippen molar-refractivity contribution in [2.45, 2.75) is 19.0 Å². The van der Waals surface area contributed by atoms with Gasteiger partial charge in [0.1, 0.15) is 18.1 Å². The Morgan fingerprint density at radius 2 is 2.47 bits per heavy atom. The molecule has 78 valence electrons. The second-order valence-corrected chi connectivity index (χ2v) is 3.67. The van der Waals surface area contributed by atoms with Gasteiger partial charge in [-0.2, -0.15) is 5.26 Å². The van der Waals surface area contributed by atoms with E-state index in [1.807, 2.05) is 4.90 Å². The van der Waals surface area contributed by atoms with Crippen LogP contribution in [0.4, 0.5) is 10.2 Å². The highest BCUT2D eigenvalue weighted by Crippen LogP contribution is 2.22. The quantitative estimate of drug-likeness (QED) is 0.702. The van der Waals surface area contributed by atoms with Crippen LogP contribution in [0.2, 0.25) is 0 Å². The van der Waals surface area contributed by atoms with E-state index in [1.165, 1.54) is 0 Å². The maximum atomic E-state index is 13.2. The Morgan fingerprint density at radius 3 is 3.20 bits per heavy atom. The number of hydrogen-bond acceptors (Lipinski definition) is 3. The third kappa shape index (κ3) is 2.07. The Labute approximate surface area is 88.2 Å². The molecule has 0 spiro atoms. The molecule has 0 unspecified atom stereocenters. The molecule has 3 nitrogen and oxygen atoms in total. The molecule has 2 heterocycles. The lowest BCUT2D eigenvalue weighted by Crippen LogP contribution is -2.37. The summed E-state index contributed by atoms with van der Waals surface area (Å²) in [4.78, 5) is 6.00. The molecule has 0 N–H and O–H groups in total. The lowest BCUT2D eigenvalue weighted by atomic mass is 10.1. The van der Waals surface area contributed by atoms with Crippen LogP contribution in [0.25, 0.3) is 0 Å². The van der Waals surface area contributed by atoms with E-state index in [0.717, 1.165) is 13.0 Å². The third-order valence-electron chi connectivity index (χ3n) is 2.57. The minimum Gasteiger partial charge on any atom is -0.353 e. The number of anilines is 1. The van der Waals surface area contributed by atoms with Crippen molar-refractivity contribution in [1.82, 2.24) is 4.98 Å². The molecular weight excluding hydrogens is 193 g/mol. The SMILES string of the molecule is N#Cc1cccnc1N1CCC[C@H](F)C1. The second-order valence-electron chi connectivity index (χ2n) is 3.67. The van der Waals surface area contributed by atoms with Gasteiger partial charge in [-0.25, -0.2) is 9.37 Å². The molecule has 0 aromatic carbocycles. The van der Waals surface area contributed by atoms with Crippen molar-refractivity contribution in [1.29, 1.82) is 5.26 Å². The zero-order valence-electron chi connectivity index (χ0n) is 8.36. The molecule has 4 heteroatoms. The average molecular weight is 205 g/mol. The van der Waals surface area contributed by atoms with Crippen molar-refractivity contribution < 1.29 is 4.39 Å². The van der Waals surface area contributed by atoms with Crippen LogP contribution in [0.5, 0.6) is 0 Å². The van der Waals surface area contributed by atoms with Crippen molar-refractivity contribution in [2.75, 3.05) is 18.0 Å². The largest absolute Gasteiger partial charge is 0.353 e. The van der Waals surface area contributed by atoms with Crippen molar-refractivity contribution in [3.63, 3.8) is 0 Å². The molecule has 0 radical (unpaired) electrons. The Balaban J connectivity index is 2.25. The molecule has 1 atom stereocenters. The normalized spacial score (nSPS) is 21.1. The summed E-state index contributed by atoms with van der Waals surface area (Å²) < 4.78 is 13.2. The Kier molecular flexibility index (Phi) is 2.82. The summed E-state index contributed by atoms with van der Waals surface area (Å²) in [6, 6.07) is 5.51. The predicted octanol–water partition coefficient (Wildman–Crippen LogP) is 1.89. The highest BCUT2D eigenvalue weighted by Gasteiger charge is 2.21. The summed E-state index contributed by atoms with van der Waals surface area (Å²) in [7, 11) is 0. The van der Waals surface area contributed by atoms with E-state index >= 15 is 0 Å². The van der Waals surface area contributed by atoms with Gasteiger partial charge < -0.3 is 4.90 Å². The Morgan fingerprint density at radius 1 is 1.60 bits per heavy atom. The second kappa shape index (κ2) is 4.26. The molecule has 0 aliphatic carbocycles. The fourth-order valence-electron chi connectivity index (χ4n) is 1.85. The van der Waals surface area contributed by atoms with Gasteiger partial charge in [0.25, 0.3) is 0 Å². The minimum absolute atomic E-state index is 0.353. The van der Waals surface area contributed by atoms with Crippen LogP contribution in [-0.4, -0.2) is 24.2 Å². The van der Waals surface area contributed by atoms with Gasteiger partial charge in [-0.05, 0) is 25.0 Å². The van der Waals surface area contributed by atoms with Crippen LogP contribution in [0.1, 0.15) is 18.4 Å². The number of hydrogen-bond donors (Lipinski definition) is 0. The van der Waals surface area contributed by atoms with Gasteiger partial charge in [0.2, 0.25) is 0 Å². The lowest BCUT2D eigenvalue weighted by Gasteiger charge is -2.30. The van der Waals surface area contributed by atoms with Gasteiger partial charge in [-0.1, -0.05) is 0 Å².